The van der Waals surface area contributed by atoms with Crippen molar-refractivity contribution in [3.63, 3.8) is 0 Å². The van der Waals surface area contributed by atoms with Crippen LogP contribution in [0.5, 0.6) is 11.5 Å². The second kappa shape index (κ2) is 8.07. The number of fused-ring (bicyclic) bond motifs is 1. The van der Waals surface area contributed by atoms with Gasteiger partial charge in [-0.3, -0.25) is 4.98 Å². The molecule has 0 spiro atoms. The lowest BCUT2D eigenvalue weighted by Crippen LogP contribution is -2.01. The largest absolute Gasteiger partial charge is 0.457 e. The number of nitrogen functional groups attached to an aromatic ring is 1. The Bertz CT molecular complexity index is 1560. The number of aromatic nitrogens is 3. The average molecular weight is 457 g/mol. The first-order valence-corrected chi connectivity index (χ1v) is 12.1. The van der Waals surface area contributed by atoms with Gasteiger partial charge in [0, 0.05) is 18.0 Å². The Labute approximate surface area is 191 Å². The highest BCUT2D eigenvalue weighted by molar-refractivity contribution is 7.90. The summed E-state index contributed by atoms with van der Waals surface area (Å²) in [5.74, 6) is 1.80. The normalized spacial score (nSPS) is 11.5. The van der Waals surface area contributed by atoms with Crippen molar-refractivity contribution in [2.45, 2.75) is 4.90 Å². The van der Waals surface area contributed by atoms with Crippen molar-refractivity contribution in [3.05, 3.63) is 91.3 Å². The quantitative estimate of drug-likeness (QED) is 0.405. The van der Waals surface area contributed by atoms with Crippen molar-refractivity contribution in [2.75, 3.05) is 12.0 Å². The molecule has 0 amide bonds. The van der Waals surface area contributed by atoms with Gasteiger partial charge in [-0.1, -0.05) is 36.4 Å². The molecule has 3 aromatic carbocycles. The van der Waals surface area contributed by atoms with Crippen LogP contribution in [0.15, 0.2) is 96.2 Å². The van der Waals surface area contributed by atoms with Crippen molar-refractivity contribution >= 4 is 26.6 Å². The minimum atomic E-state index is -3.36. The maximum Gasteiger partial charge on any atom is 0.175 e. The summed E-state index contributed by atoms with van der Waals surface area (Å²) in [7, 11) is -3.36. The smallest absolute Gasteiger partial charge is 0.175 e. The number of rotatable bonds is 5. The summed E-state index contributed by atoms with van der Waals surface area (Å²) < 4.78 is 31.5. The third-order valence-corrected chi connectivity index (χ3v) is 6.36. The van der Waals surface area contributed by atoms with E-state index in [2.05, 4.69) is 10.1 Å². The first-order chi connectivity index (χ1) is 15.9. The number of nitrogens with zero attached hydrogens (tertiary/aromatic N) is 3. The number of pyridine rings is 1. The summed E-state index contributed by atoms with van der Waals surface area (Å²) in [4.78, 5) is 4.59. The van der Waals surface area contributed by atoms with Gasteiger partial charge in [0.25, 0.3) is 0 Å². The van der Waals surface area contributed by atoms with Crippen LogP contribution in [-0.4, -0.2) is 29.4 Å². The fourth-order valence-corrected chi connectivity index (χ4v) is 4.34. The third kappa shape index (κ3) is 4.04. The summed E-state index contributed by atoms with van der Waals surface area (Å²) >= 11 is 0. The van der Waals surface area contributed by atoms with Crippen molar-refractivity contribution in [2.24, 2.45) is 0 Å². The molecule has 0 saturated heterocycles. The van der Waals surface area contributed by atoms with Crippen LogP contribution in [0.4, 0.5) is 5.82 Å². The molecule has 0 aliphatic carbocycles. The Morgan fingerprint density at radius 1 is 0.879 bits per heavy atom. The Morgan fingerprint density at radius 2 is 1.61 bits per heavy atom. The van der Waals surface area contributed by atoms with Crippen LogP contribution >= 0.6 is 0 Å². The summed E-state index contributed by atoms with van der Waals surface area (Å²) in [6.07, 6.45) is 4.58. The van der Waals surface area contributed by atoms with Crippen LogP contribution in [0, 0.1) is 0 Å². The lowest BCUT2D eigenvalue weighted by Gasteiger charge is -2.08. The van der Waals surface area contributed by atoms with E-state index in [9.17, 15) is 8.42 Å². The van der Waals surface area contributed by atoms with Gasteiger partial charge < -0.3 is 10.5 Å². The lowest BCUT2D eigenvalue weighted by atomic mass is 10.0. The number of nitrogens with two attached hydrogens (primary N) is 1. The molecule has 8 heteroatoms. The highest BCUT2D eigenvalue weighted by Gasteiger charge is 2.17. The number of hydrogen-bond donors (Lipinski definition) is 1. The minimum absolute atomic E-state index is 0.209. The monoisotopic (exact) mass is 456 g/mol. The molecule has 33 heavy (non-hydrogen) atoms. The summed E-state index contributed by atoms with van der Waals surface area (Å²) in [5.41, 5.74) is 9.30. The molecule has 0 radical (unpaired) electrons. The molecule has 2 N–H and O–H groups in total. The predicted octanol–water partition coefficient (Wildman–Crippen LogP) is 4.87. The van der Waals surface area contributed by atoms with Gasteiger partial charge in [-0.25, -0.2) is 13.1 Å². The zero-order valence-electron chi connectivity index (χ0n) is 17.7. The molecule has 0 saturated carbocycles. The summed E-state index contributed by atoms with van der Waals surface area (Å²) in [6, 6.07) is 23.8. The van der Waals surface area contributed by atoms with Gasteiger partial charge in [0.05, 0.1) is 27.7 Å². The van der Waals surface area contributed by atoms with E-state index in [4.69, 9.17) is 10.5 Å². The fourth-order valence-electron chi connectivity index (χ4n) is 3.68. The molecule has 5 aromatic rings. The number of sulfone groups is 1. The molecule has 7 nitrogen and oxygen atoms in total. The molecule has 0 bridgehead atoms. The van der Waals surface area contributed by atoms with E-state index in [0.29, 0.717) is 22.8 Å². The maximum absolute atomic E-state index is 12.0. The van der Waals surface area contributed by atoms with Crippen molar-refractivity contribution < 1.29 is 13.2 Å². The van der Waals surface area contributed by atoms with Crippen LogP contribution in [0.25, 0.3) is 27.7 Å². The van der Waals surface area contributed by atoms with E-state index in [1.54, 1.807) is 41.3 Å². The van der Waals surface area contributed by atoms with E-state index < -0.39 is 9.84 Å². The van der Waals surface area contributed by atoms with Gasteiger partial charge in [0.2, 0.25) is 0 Å². The molecule has 2 aromatic heterocycles. The first-order valence-electron chi connectivity index (χ1n) is 10.2. The Balaban J connectivity index is 1.56. The van der Waals surface area contributed by atoms with Gasteiger partial charge in [-0.15, -0.1) is 5.10 Å². The number of anilines is 1. The van der Waals surface area contributed by atoms with E-state index in [0.717, 1.165) is 22.3 Å². The molecule has 0 unspecified atom stereocenters. The van der Waals surface area contributed by atoms with Crippen molar-refractivity contribution in [3.8, 4) is 28.3 Å². The van der Waals surface area contributed by atoms with Crippen molar-refractivity contribution in [1.29, 1.82) is 0 Å². The predicted molar refractivity (Wildman–Crippen MR) is 128 cm³/mol. The van der Waals surface area contributed by atoms with Crippen LogP contribution in [0.1, 0.15) is 0 Å². The summed E-state index contributed by atoms with van der Waals surface area (Å²) in [5, 5.41) is 5.22. The van der Waals surface area contributed by atoms with Gasteiger partial charge in [-0.2, -0.15) is 0 Å². The Kier molecular flexibility index (Phi) is 5.07. The highest BCUT2D eigenvalue weighted by Crippen LogP contribution is 2.34. The number of benzene rings is 3. The Hall–Kier alpha value is -4.17. The molecule has 0 fully saturated rings. The van der Waals surface area contributed by atoms with E-state index in [1.165, 1.54) is 6.26 Å². The molecule has 0 atom stereocenters. The van der Waals surface area contributed by atoms with Crippen LogP contribution in [-0.2, 0) is 9.84 Å². The van der Waals surface area contributed by atoms with Crippen LogP contribution in [0.2, 0.25) is 0 Å². The van der Waals surface area contributed by atoms with Gasteiger partial charge in [0.15, 0.2) is 15.7 Å². The third-order valence-electron chi connectivity index (χ3n) is 5.25. The van der Waals surface area contributed by atoms with Crippen molar-refractivity contribution in [1.82, 2.24) is 14.8 Å². The van der Waals surface area contributed by atoms with E-state index >= 15 is 0 Å². The molecule has 2 heterocycles. The zero-order chi connectivity index (χ0) is 23.0. The molecule has 164 valence electrons. The standard InChI is InChI=1S/C25H20N4O3S/c1-33(30,31)21-9-5-6-18(14-21)29-23-16-27-15-22(24(23)25(26)28-29)17-10-12-20(13-11-17)32-19-7-3-2-4-8-19/h2-16H,1H3,(H2,26,28). The first kappa shape index (κ1) is 20.7. The molecule has 0 aliphatic heterocycles. The number of ether oxygens (including phenoxy) is 1. The van der Waals surface area contributed by atoms with Gasteiger partial charge in [0.1, 0.15) is 11.5 Å². The minimum Gasteiger partial charge on any atom is -0.457 e. The summed E-state index contributed by atoms with van der Waals surface area (Å²) in [6.45, 7) is 0. The Morgan fingerprint density at radius 3 is 2.33 bits per heavy atom. The fraction of sp³-hybridized carbons (Fsp3) is 0.0400. The van der Waals surface area contributed by atoms with Gasteiger partial charge >= 0.3 is 0 Å². The second-order valence-electron chi connectivity index (χ2n) is 7.59. The van der Waals surface area contributed by atoms with E-state index in [1.807, 2.05) is 54.6 Å². The molecule has 5 rings (SSSR count). The topological polar surface area (TPSA) is 100 Å². The van der Waals surface area contributed by atoms with Crippen LogP contribution < -0.4 is 10.5 Å². The molecule has 0 aliphatic rings. The average Bonchev–Trinajstić information content (AvgIpc) is 3.17. The molecular weight excluding hydrogens is 436 g/mol. The lowest BCUT2D eigenvalue weighted by molar-refractivity contribution is 0.483. The van der Waals surface area contributed by atoms with E-state index in [-0.39, 0.29) is 4.90 Å². The second-order valence-corrected chi connectivity index (χ2v) is 9.60. The zero-order valence-corrected chi connectivity index (χ0v) is 18.5. The molecular formula is C25H20N4O3S. The SMILES string of the molecule is CS(=O)(=O)c1cccc(-n2nc(N)c3c(-c4ccc(Oc5ccccc5)cc4)cncc32)c1. The maximum atomic E-state index is 12.0. The number of para-hydroxylation sites is 1. The highest BCUT2D eigenvalue weighted by atomic mass is 32.2. The van der Waals surface area contributed by atoms with Gasteiger partial charge in [-0.05, 0) is 48.0 Å². The number of hydrogen-bond acceptors (Lipinski definition) is 6. The van der Waals surface area contributed by atoms with Crippen LogP contribution in [0.3, 0.4) is 0 Å².